The van der Waals surface area contributed by atoms with Crippen molar-refractivity contribution in [3.8, 4) is 0 Å². The van der Waals surface area contributed by atoms with Crippen LogP contribution in [-0.4, -0.2) is 29.8 Å². The van der Waals surface area contributed by atoms with E-state index in [0.29, 0.717) is 12.3 Å². The summed E-state index contributed by atoms with van der Waals surface area (Å²) in [5, 5.41) is 14.1. The van der Waals surface area contributed by atoms with Gasteiger partial charge >= 0.3 is 0 Å². The maximum absolute atomic E-state index is 4.27. The molecule has 0 aliphatic rings. The van der Waals surface area contributed by atoms with Crippen molar-refractivity contribution in [3.05, 3.63) is 36.0 Å². The first kappa shape index (κ1) is 9.76. The minimum atomic E-state index is 0.597. The average molecular weight is 229 g/mol. The number of anilines is 1. The fraction of sp³-hybridized carbons (Fsp3) is 0.200. The van der Waals surface area contributed by atoms with Crippen molar-refractivity contribution >= 4 is 11.6 Å². The highest BCUT2D eigenvalue weighted by atomic mass is 15.3. The Kier molecular flexibility index (Phi) is 2.21. The van der Waals surface area contributed by atoms with Crippen LogP contribution in [-0.2, 0) is 6.54 Å². The lowest BCUT2D eigenvalue weighted by Gasteiger charge is -2.07. The van der Waals surface area contributed by atoms with E-state index in [4.69, 9.17) is 0 Å². The summed E-state index contributed by atoms with van der Waals surface area (Å²) in [4.78, 5) is 8.34. The van der Waals surface area contributed by atoms with Crippen LogP contribution >= 0.6 is 0 Å². The highest BCUT2D eigenvalue weighted by molar-refractivity contribution is 5.44. The van der Waals surface area contributed by atoms with E-state index in [1.807, 2.05) is 19.2 Å². The molecule has 0 aliphatic heterocycles. The Balaban J connectivity index is 1.91. The number of H-pyrrole nitrogens is 1. The van der Waals surface area contributed by atoms with Crippen molar-refractivity contribution in [2.45, 2.75) is 13.5 Å². The van der Waals surface area contributed by atoms with Crippen LogP contribution in [0.3, 0.4) is 0 Å². The summed E-state index contributed by atoms with van der Waals surface area (Å²) in [7, 11) is 0. The highest BCUT2D eigenvalue weighted by Gasteiger charge is 2.05. The fourth-order valence-electron chi connectivity index (χ4n) is 1.62. The van der Waals surface area contributed by atoms with Crippen LogP contribution in [0.5, 0.6) is 0 Å². The molecule has 0 saturated heterocycles. The molecule has 2 N–H and O–H groups in total. The molecular formula is C10H11N7. The summed E-state index contributed by atoms with van der Waals surface area (Å²) in [5.41, 5.74) is 1.98. The highest BCUT2D eigenvalue weighted by Crippen LogP contribution is 2.11. The molecule has 17 heavy (non-hydrogen) atoms. The third kappa shape index (κ3) is 1.82. The number of hydrogen-bond acceptors (Lipinski definition) is 5. The number of nitrogens with one attached hydrogen (secondary N) is 2. The topological polar surface area (TPSA) is 83.8 Å². The Hall–Kier alpha value is -2.44. The summed E-state index contributed by atoms with van der Waals surface area (Å²) >= 11 is 0. The zero-order valence-corrected chi connectivity index (χ0v) is 9.25. The van der Waals surface area contributed by atoms with Crippen molar-refractivity contribution in [2.24, 2.45) is 0 Å². The molecule has 0 atom stereocenters. The van der Waals surface area contributed by atoms with Crippen LogP contribution in [0.1, 0.15) is 11.3 Å². The fourth-order valence-corrected chi connectivity index (χ4v) is 1.62. The van der Waals surface area contributed by atoms with Gasteiger partial charge in [0.25, 0.3) is 5.78 Å². The van der Waals surface area contributed by atoms with E-state index >= 15 is 0 Å². The van der Waals surface area contributed by atoms with Crippen LogP contribution in [0, 0.1) is 6.92 Å². The predicted molar refractivity (Wildman–Crippen MR) is 61.4 cm³/mol. The van der Waals surface area contributed by atoms with Gasteiger partial charge in [0.15, 0.2) is 0 Å². The minimum absolute atomic E-state index is 0.597. The summed E-state index contributed by atoms with van der Waals surface area (Å²) in [5.74, 6) is 1.46. The quantitative estimate of drug-likeness (QED) is 0.693. The van der Waals surface area contributed by atoms with Crippen molar-refractivity contribution in [3.63, 3.8) is 0 Å². The van der Waals surface area contributed by atoms with Crippen molar-refractivity contribution < 1.29 is 0 Å². The molecule has 0 spiro atoms. The average Bonchev–Trinajstić information content (AvgIpc) is 2.95. The third-order valence-electron chi connectivity index (χ3n) is 2.41. The molecule has 0 radical (unpaired) electrons. The number of hydrogen-bond donors (Lipinski definition) is 2. The largest absolute Gasteiger partial charge is 0.366 e. The van der Waals surface area contributed by atoms with E-state index in [-0.39, 0.29) is 0 Å². The molecule has 0 saturated carbocycles. The Bertz CT molecular complexity index is 625. The second kappa shape index (κ2) is 3.85. The zero-order valence-electron chi connectivity index (χ0n) is 9.25. The Morgan fingerprint density at radius 3 is 3.24 bits per heavy atom. The Morgan fingerprint density at radius 1 is 1.47 bits per heavy atom. The zero-order chi connectivity index (χ0) is 11.7. The van der Waals surface area contributed by atoms with E-state index in [1.54, 1.807) is 10.7 Å². The first-order valence-corrected chi connectivity index (χ1v) is 5.22. The second-order valence-electron chi connectivity index (χ2n) is 3.71. The van der Waals surface area contributed by atoms with Gasteiger partial charge in [-0.25, -0.2) is 4.98 Å². The van der Waals surface area contributed by atoms with Crippen LogP contribution in [0.2, 0.25) is 0 Å². The monoisotopic (exact) mass is 229 g/mol. The first-order valence-electron chi connectivity index (χ1n) is 5.22. The van der Waals surface area contributed by atoms with Crippen LogP contribution in [0.4, 0.5) is 5.82 Å². The van der Waals surface area contributed by atoms with Crippen molar-refractivity contribution in [1.82, 2.24) is 29.8 Å². The van der Waals surface area contributed by atoms with E-state index in [1.165, 1.54) is 6.33 Å². The smallest absolute Gasteiger partial charge is 0.254 e. The van der Waals surface area contributed by atoms with Crippen molar-refractivity contribution in [1.29, 1.82) is 0 Å². The van der Waals surface area contributed by atoms with Gasteiger partial charge in [0.2, 0.25) is 0 Å². The Labute approximate surface area is 96.9 Å². The Morgan fingerprint density at radius 2 is 2.41 bits per heavy atom. The molecule has 0 bridgehead atoms. The molecule has 0 aromatic carbocycles. The van der Waals surface area contributed by atoms with Gasteiger partial charge in [-0.3, -0.25) is 5.10 Å². The molecule has 0 fully saturated rings. The number of nitrogens with zero attached hydrogens (tertiary/aromatic N) is 5. The van der Waals surface area contributed by atoms with Gasteiger partial charge in [0.05, 0.1) is 6.20 Å². The molecule has 86 valence electrons. The van der Waals surface area contributed by atoms with E-state index in [2.05, 4.69) is 30.6 Å². The van der Waals surface area contributed by atoms with Crippen LogP contribution < -0.4 is 5.32 Å². The van der Waals surface area contributed by atoms with Gasteiger partial charge < -0.3 is 5.32 Å². The summed E-state index contributed by atoms with van der Waals surface area (Å²) in [6.07, 6.45) is 5.12. The normalized spacial score (nSPS) is 10.9. The predicted octanol–water partition coefficient (Wildman–Crippen LogP) is 0.768. The maximum Gasteiger partial charge on any atom is 0.254 e. The molecule has 3 aromatic heterocycles. The molecule has 3 heterocycles. The second-order valence-corrected chi connectivity index (χ2v) is 3.71. The number of aromatic nitrogens is 6. The summed E-state index contributed by atoms with van der Waals surface area (Å²) in [6, 6.07) is 1.93. The van der Waals surface area contributed by atoms with Gasteiger partial charge in [-0.1, -0.05) is 0 Å². The van der Waals surface area contributed by atoms with Crippen molar-refractivity contribution in [2.75, 3.05) is 5.32 Å². The van der Waals surface area contributed by atoms with E-state index in [0.717, 1.165) is 17.1 Å². The van der Waals surface area contributed by atoms with Gasteiger partial charge in [-0.15, -0.1) is 0 Å². The summed E-state index contributed by atoms with van der Waals surface area (Å²) < 4.78 is 1.67. The lowest BCUT2D eigenvalue weighted by Crippen LogP contribution is -2.06. The first-order chi connectivity index (χ1) is 8.33. The molecule has 3 rings (SSSR count). The molecule has 7 heteroatoms. The lowest BCUT2D eigenvalue weighted by molar-refractivity contribution is 0.916. The number of aryl methyl sites for hydroxylation is 1. The minimum Gasteiger partial charge on any atom is -0.366 e. The molecule has 0 aliphatic carbocycles. The van der Waals surface area contributed by atoms with Gasteiger partial charge in [0, 0.05) is 30.1 Å². The van der Waals surface area contributed by atoms with Gasteiger partial charge in [-0.2, -0.15) is 19.7 Å². The number of aromatic amines is 1. The number of fused-ring (bicyclic) bond motifs is 1. The van der Waals surface area contributed by atoms with Gasteiger partial charge in [0.1, 0.15) is 12.1 Å². The molecule has 3 aromatic rings. The van der Waals surface area contributed by atoms with Crippen LogP contribution in [0.15, 0.2) is 24.8 Å². The van der Waals surface area contributed by atoms with E-state index in [9.17, 15) is 0 Å². The molecule has 0 unspecified atom stereocenters. The molecular weight excluding hydrogens is 218 g/mol. The maximum atomic E-state index is 4.27. The molecule has 0 amide bonds. The molecule has 7 nitrogen and oxygen atoms in total. The van der Waals surface area contributed by atoms with E-state index < -0.39 is 0 Å². The number of rotatable bonds is 3. The van der Waals surface area contributed by atoms with Crippen LogP contribution in [0.25, 0.3) is 5.78 Å². The summed E-state index contributed by atoms with van der Waals surface area (Å²) in [6.45, 7) is 2.60. The third-order valence-corrected chi connectivity index (χ3v) is 2.41. The lowest BCUT2D eigenvalue weighted by atomic mass is 10.3. The van der Waals surface area contributed by atoms with Gasteiger partial charge in [-0.05, 0) is 6.92 Å². The SMILES string of the molecule is Cc1cc(NCc2cn[nH]c2)n2ncnc2n1. The standard InChI is InChI=1S/C10H11N7/c1-7-2-9(11-3-8-4-13-14-5-8)17-10(16-7)12-6-15-17/h2,4-6,11H,3H2,1H3,(H,13,14).